The topological polar surface area (TPSA) is 69.6 Å². The van der Waals surface area contributed by atoms with Crippen LogP contribution in [0.15, 0.2) is 47.4 Å². The summed E-state index contributed by atoms with van der Waals surface area (Å²) in [6, 6.07) is 12.6. The second-order valence-corrected chi connectivity index (χ2v) is 8.08. The van der Waals surface area contributed by atoms with Crippen molar-refractivity contribution < 1.29 is 13.5 Å². The quantitative estimate of drug-likeness (QED) is 0.837. The predicted octanol–water partition coefficient (Wildman–Crippen LogP) is 1.96. The van der Waals surface area contributed by atoms with Gasteiger partial charge < -0.3 is 10.0 Å². The number of hydrogen-bond acceptors (Lipinski definition) is 4. The molecule has 0 bridgehead atoms. The Morgan fingerprint density at radius 3 is 2.54 bits per heavy atom. The lowest BCUT2D eigenvalue weighted by atomic mass is 10.1. The number of nitrogens with one attached hydrogen (secondary N) is 1. The molecule has 1 saturated heterocycles. The van der Waals surface area contributed by atoms with Crippen LogP contribution in [0.3, 0.4) is 0 Å². The molecular formula is C18H24N2O3S. The Labute approximate surface area is 143 Å². The molecule has 1 fully saturated rings. The first-order valence-corrected chi connectivity index (χ1v) is 9.92. The fourth-order valence-corrected chi connectivity index (χ4v) is 4.52. The van der Waals surface area contributed by atoms with Crippen molar-refractivity contribution >= 4 is 20.8 Å². The number of nitrogens with zero attached hydrogens (tertiary/aromatic N) is 1. The lowest BCUT2D eigenvalue weighted by molar-refractivity contribution is 0.104. The molecular weight excluding hydrogens is 324 g/mol. The Kier molecular flexibility index (Phi) is 5.50. The normalized spacial score (nSPS) is 17.9. The average Bonchev–Trinajstić information content (AvgIpc) is 2.60. The maximum Gasteiger partial charge on any atom is 0.241 e. The van der Waals surface area contributed by atoms with Crippen LogP contribution in [0.4, 0.5) is 0 Å². The summed E-state index contributed by atoms with van der Waals surface area (Å²) in [5.74, 6) is 0. The van der Waals surface area contributed by atoms with Gasteiger partial charge in [-0.1, -0.05) is 42.8 Å². The Hall–Kier alpha value is -1.47. The summed E-state index contributed by atoms with van der Waals surface area (Å²) in [5.41, 5.74) is 0. The van der Waals surface area contributed by atoms with Gasteiger partial charge in [-0.05, 0) is 37.4 Å². The SMILES string of the molecule is O=S(=O)(NC[C@H](O)CN1CCCCC1)c1cccc2ccccc12. The molecule has 0 spiro atoms. The fourth-order valence-electron chi connectivity index (χ4n) is 3.22. The van der Waals surface area contributed by atoms with Gasteiger partial charge >= 0.3 is 0 Å². The monoisotopic (exact) mass is 348 g/mol. The zero-order valence-electron chi connectivity index (χ0n) is 13.7. The number of rotatable bonds is 6. The molecule has 2 aromatic rings. The fraction of sp³-hybridized carbons (Fsp3) is 0.444. The van der Waals surface area contributed by atoms with Gasteiger partial charge in [0.05, 0.1) is 11.0 Å². The highest BCUT2D eigenvalue weighted by molar-refractivity contribution is 7.89. The van der Waals surface area contributed by atoms with Crippen molar-refractivity contribution in [2.24, 2.45) is 0 Å². The number of fused-ring (bicyclic) bond motifs is 1. The van der Waals surface area contributed by atoms with Crippen molar-refractivity contribution in [3.63, 3.8) is 0 Å². The zero-order valence-corrected chi connectivity index (χ0v) is 14.5. The summed E-state index contributed by atoms with van der Waals surface area (Å²) in [6.07, 6.45) is 2.83. The van der Waals surface area contributed by atoms with Crippen molar-refractivity contribution in [3.05, 3.63) is 42.5 Å². The number of piperidine rings is 1. The third-order valence-electron chi connectivity index (χ3n) is 4.47. The molecule has 0 aromatic heterocycles. The third kappa shape index (κ3) is 4.13. The summed E-state index contributed by atoms with van der Waals surface area (Å²) in [4.78, 5) is 2.45. The number of β-amino-alcohol motifs (C(OH)–C–C–N with tert-alkyl or cyclic N) is 1. The van der Waals surface area contributed by atoms with E-state index < -0.39 is 16.1 Å². The molecule has 0 unspecified atom stereocenters. The van der Waals surface area contributed by atoms with E-state index in [-0.39, 0.29) is 11.4 Å². The van der Waals surface area contributed by atoms with Crippen molar-refractivity contribution in [1.82, 2.24) is 9.62 Å². The average molecular weight is 348 g/mol. The van der Waals surface area contributed by atoms with Crippen LogP contribution in [0.5, 0.6) is 0 Å². The number of aliphatic hydroxyl groups is 1. The van der Waals surface area contributed by atoms with Crippen molar-refractivity contribution in [3.8, 4) is 0 Å². The van der Waals surface area contributed by atoms with Gasteiger partial charge in [-0.25, -0.2) is 13.1 Å². The highest BCUT2D eigenvalue weighted by Gasteiger charge is 2.20. The van der Waals surface area contributed by atoms with Gasteiger partial charge in [-0.3, -0.25) is 0 Å². The first-order valence-electron chi connectivity index (χ1n) is 8.44. The molecule has 3 rings (SSSR count). The van der Waals surface area contributed by atoms with E-state index in [4.69, 9.17) is 0 Å². The van der Waals surface area contributed by atoms with E-state index in [0.29, 0.717) is 11.9 Å². The molecule has 130 valence electrons. The number of aliphatic hydroxyl groups excluding tert-OH is 1. The Morgan fingerprint density at radius 1 is 1.04 bits per heavy atom. The molecule has 2 aromatic carbocycles. The second kappa shape index (κ2) is 7.61. The number of benzene rings is 2. The van der Waals surface area contributed by atoms with E-state index in [1.54, 1.807) is 18.2 Å². The summed E-state index contributed by atoms with van der Waals surface area (Å²) >= 11 is 0. The Morgan fingerprint density at radius 2 is 1.75 bits per heavy atom. The first-order chi connectivity index (χ1) is 11.6. The third-order valence-corrected chi connectivity index (χ3v) is 5.95. The van der Waals surface area contributed by atoms with Crippen LogP contribution >= 0.6 is 0 Å². The molecule has 2 N–H and O–H groups in total. The molecule has 0 amide bonds. The molecule has 0 aliphatic carbocycles. The summed E-state index contributed by atoms with van der Waals surface area (Å²) in [6.45, 7) is 2.50. The van der Waals surface area contributed by atoms with Crippen molar-refractivity contribution in [2.75, 3.05) is 26.2 Å². The van der Waals surface area contributed by atoms with E-state index in [1.165, 1.54) is 6.42 Å². The second-order valence-electron chi connectivity index (χ2n) is 6.34. The highest BCUT2D eigenvalue weighted by Crippen LogP contribution is 2.22. The minimum absolute atomic E-state index is 0.0298. The summed E-state index contributed by atoms with van der Waals surface area (Å²) < 4.78 is 27.8. The van der Waals surface area contributed by atoms with Crippen LogP contribution in [-0.4, -0.2) is 50.7 Å². The van der Waals surface area contributed by atoms with Gasteiger partial charge in [-0.2, -0.15) is 0 Å². The smallest absolute Gasteiger partial charge is 0.241 e. The van der Waals surface area contributed by atoms with Gasteiger partial charge in [0, 0.05) is 18.5 Å². The molecule has 6 heteroatoms. The lowest BCUT2D eigenvalue weighted by Gasteiger charge is -2.28. The Balaban J connectivity index is 1.67. The minimum Gasteiger partial charge on any atom is -0.390 e. The first kappa shape index (κ1) is 17.4. The van der Waals surface area contributed by atoms with Gasteiger partial charge in [0.2, 0.25) is 10.0 Å². The summed E-state index contributed by atoms with van der Waals surface area (Å²) in [7, 11) is -3.65. The van der Waals surface area contributed by atoms with Gasteiger partial charge in [-0.15, -0.1) is 0 Å². The van der Waals surface area contributed by atoms with E-state index in [9.17, 15) is 13.5 Å². The molecule has 0 saturated carbocycles. The maximum absolute atomic E-state index is 12.6. The number of likely N-dealkylation sites (tertiary alicyclic amines) is 1. The largest absolute Gasteiger partial charge is 0.390 e. The zero-order chi connectivity index (χ0) is 17.0. The maximum atomic E-state index is 12.6. The van der Waals surface area contributed by atoms with Gasteiger partial charge in [0.1, 0.15) is 0 Å². The molecule has 1 aliphatic rings. The molecule has 5 nitrogen and oxygen atoms in total. The van der Waals surface area contributed by atoms with Crippen LogP contribution in [0.2, 0.25) is 0 Å². The molecule has 1 heterocycles. The van der Waals surface area contributed by atoms with Crippen LogP contribution in [-0.2, 0) is 10.0 Å². The van der Waals surface area contributed by atoms with Crippen LogP contribution in [0, 0.1) is 0 Å². The lowest BCUT2D eigenvalue weighted by Crippen LogP contribution is -2.42. The molecule has 1 aliphatic heterocycles. The number of hydrogen-bond donors (Lipinski definition) is 2. The summed E-state index contributed by atoms with van der Waals surface area (Å²) in [5, 5.41) is 11.7. The molecule has 1 atom stereocenters. The predicted molar refractivity (Wildman–Crippen MR) is 95.4 cm³/mol. The Bertz CT molecular complexity index is 780. The minimum atomic E-state index is -3.65. The highest BCUT2D eigenvalue weighted by atomic mass is 32.2. The van der Waals surface area contributed by atoms with E-state index in [2.05, 4.69) is 9.62 Å². The van der Waals surface area contributed by atoms with E-state index in [0.717, 1.165) is 31.3 Å². The molecule has 0 radical (unpaired) electrons. The van der Waals surface area contributed by atoms with Crippen LogP contribution in [0.1, 0.15) is 19.3 Å². The van der Waals surface area contributed by atoms with Gasteiger partial charge in [0.25, 0.3) is 0 Å². The van der Waals surface area contributed by atoms with Crippen molar-refractivity contribution in [2.45, 2.75) is 30.3 Å². The van der Waals surface area contributed by atoms with Crippen molar-refractivity contribution in [1.29, 1.82) is 0 Å². The van der Waals surface area contributed by atoms with E-state index >= 15 is 0 Å². The van der Waals surface area contributed by atoms with Crippen LogP contribution in [0.25, 0.3) is 10.8 Å². The standard InChI is InChI=1S/C18H24N2O3S/c21-16(14-20-11-4-1-5-12-20)13-19-24(22,23)18-10-6-8-15-7-2-3-9-17(15)18/h2-3,6-10,16,19,21H,1,4-5,11-14H2/t16-/m0/s1. The molecule has 24 heavy (non-hydrogen) atoms. The number of sulfonamides is 1. The van der Waals surface area contributed by atoms with Crippen LogP contribution < -0.4 is 4.72 Å². The van der Waals surface area contributed by atoms with Gasteiger partial charge in [0.15, 0.2) is 0 Å². The van der Waals surface area contributed by atoms with E-state index in [1.807, 2.05) is 24.3 Å².